The fourth-order valence-corrected chi connectivity index (χ4v) is 4.65. The number of likely N-dealkylation sites (tertiary alicyclic amines) is 1. The second-order valence-corrected chi connectivity index (χ2v) is 9.62. The quantitative estimate of drug-likeness (QED) is 0.359. The molecule has 0 aromatic heterocycles. The highest BCUT2D eigenvalue weighted by molar-refractivity contribution is 14.0. The van der Waals surface area contributed by atoms with Gasteiger partial charge in [-0.05, 0) is 42.5 Å². The van der Waals surface area contributed by atoms with Gasteiger partial charge in [0, 0.05) is 31.2 Å². The highest BCUT2D eigenvalue weighted by Gasteiger charge is 2.24. The summed E-state index contributed by atoms with van der Waals surface area (Å²) in [7, 11) is -1.54. The van der Waals surface area contributed by atoms with Crippen molar-refractivity contribution in [2.24, 2.45) is 16.8 Å². The molecular weight excluding hydrogens is 517 g/mol. The lowest BCUT2D eigenvalue weighted by molar-refractivity contribution is 0.209. The van der Waals surface area contributed by atoms with Crippen molar-refractivity contribution in [3.63, 3.8) is 0 Å². The molecule has 1 aromatic rings. The summed E-state index contributed by atoms with van der Waals surface area (Å²) in [5.41, 5.74) is 0. The first-order chi connectivity index (χ1) is 11.3. The molecule has 1 heterocycles. The number of aliphatic imine (C=N–C) groups is 1. The summed E-state index contributed by atoms with van der Waals surface area (Å²) in [4.78, 5) is 6.89. The molecule has 1 fully saturated rings. The van der Waals surface area contributed by atoms with Crippen LogP contribution < -0.4 is 5.32 Å². The van der Waals surface area contributed by atoms with E-state index in [0.29, 0.717) is 23.3 Å². The van der Waals surface area contributed by atoms with Crippen LogP contribution in [0.2, 0.25) is 0 Å². The molecule has 1 aliphatic rings. The van der Waals surface area contributed by atoms with Crippen LogP contribution in [0, 0.1) is 11.8 Å². The largest absolute Gasteiger partial charge is 0.355 e. The van der Waals surface area contributed by atoms with E-state index in [1.54, 1.807) is 31.3 Å². The van der Waals surface area contributed by atoms with E-state index < -0.39 is 9.84 Å². The first-order valence-electron chi connectivity index (χ1n) is 8.25. The third-order valence-corrected chi connectivity index (χ3v) is 6.47. The van der Waals surface area contributed by atoms with Crippen LogP contribution in [-0.2, 0) is 9.84 Å². The van der Waals surface area contributed by atoms with Gasteiger partial charge in [-0.25, -0.2) is 8.42 Å². The van der Waals surface area contributed by atoms with Crippen molar-refractivity contribution in [2.75, 3.05) is 32.4 Å². The Kier molecular flexibility index (Phi) is 9.17. The molecule has 1 aliphatic heterocycles. The maximum Gasteiger partial charge on any atom is 0.193 e. The van der Waals surface area contributed by atoms with Gasteiger partial charge in [0.1, 0.15) is 0 Å². The number of sulfone groups is 1. The summed E-state index contributed by atoms with van der Waals surface area (Å²) in [6, 6.07) is 6.75. The van der Waals surface area contributed by atoms with Crippen molar-refractivity contribution in [2.45, 2.75) is 25.2 Å². The maximum absolute atomic E-state index is 12.4. The van der Waals surface area contributed by atoms with Crippen LogP contribution in [0.5, 0.6) is 0 Å². The lowest BCUT2D eigenvalue weighted by Gasteiger charge is -2.37. The van der Waals surface area contributed by atoms with Crippen LogP contribution in [-0.4, -0.2) is 51.7 Å². The van der Waals surface area contributed by atoms with Crippen molar-refractivity contribution in [3.05, 3.63) is 28.7 Å². The highest BCUT2D eigenvalue weighted by Crippen LogP contribution is 2.21. The number of piperidine rings is 1. The normalized spacial score (nSPS) is 21.6. The summed E-state index contributed by atoms with van der Waals surface area (Å²) in [5.74, 6) is 2.09. The maximum atomic E-state index is 12.4. The van der Waals surface area contributed by atoms with Gasteiger partial charge >= 0.3 is 0 Å². The van der Waals surface area contributed by atoms with Crippen LogP contribution >= 0.6 is 39.9 Å². The molecule has 0 saturated carbocycles. The van der Waals surface area contributed by atoms with Crippen LogP contribution in [0.3, 0.4) is 0 Å². The van der Waals surface area contributed by atoms with E-state index in [4.69, 9.17) is 0 Å². The molecule has 142 valence electrons. The molecule has 0 radical (unpaired) electrons. The molecule has 0 bridgehead atoms. The Morgan fingerprint density at radius 3 is 2.32 bits per heavy atom. The number of halogens is 2. The Bertz CT molecular complexity index is 670. The predicted octanol–water partition coefficient (Wildman–Crippen LogP) is 3.39. The molecule has 25 heavy (non-hydrogen) atoms. The minimum atomic E-state index is -3.29. The first-order valence-corrected chi connectivity index (χ1v) is 10.7. The monoisotopic (exact) mass is 543 g/mol. The van der Waals surface area contributed by atoms with E-state index in [1.165, 1.54) is 6.42 Å². The number of benzene rings is 1. The fourth-order valence-electron chi connectivity index (χ4n) is 3.23. The van der Waals surface area contributed by atoms with Crippen molar-refractivity contribution in [3.8, 4) is 0 Å². The minimum Gasteiger partial charge on any atom is -0.355 e. The zero-order valence-corrected chi connectivity index (χ0v) is 19.6. The highest BCUT2D eigenvalue weighted by atomic mass is 127. The van der Waals surface area contributed by atoms with E-state index >= 15 is 0 Å². The van der Waals surface area contributed by atoms with Gasteiger partial charge < -0.3 is 10.2 Å². The fraction of sp³-hybridized carbons (Fsp3) is 0.588. The van der Waals surface area contributed by atoms with Gasteiger partial charge in [-0.15, -0.1) is 24.0 Å². The van der Waals surface area contributed by atoms with Gasteiger partial charge in [0.05, 0.1) is 10.6 Å². The second kappa shape index (κ2) is 10.1. The van der Waals surface area contributed by atoms with E-state index in [-0.39, 0.29) is 29.7 Å². The summed E-state index contributed by atoms with van der Waals surface area (Å²) in [5, 5.41) is 3.20. The van der Waals surface area contributed by atoms with Gasteiger partial charge in [0.25, 0.3) is 0 Å². The molecule has 2 unspecified atom stereocenters. The van der Waals surface area contributed by atoms with Gasteiger partial charge in [0.15, 0.2) is 15.8 Å². The average Bonchev–Trinajstić information content (AvgIpc) is 2.51. The Morgan fingerprint density at radius 2 is 1.80 bits per heavy atom. The molecular formula is C17H27BrIN3O2S. The summed E-state index contributed by atoms with van der Waals surface area (Å²) < 4.78 is 25.6. The molecule has 5 nitrogen and oxygen atoms in total. The molecule has 1 saturated heterocycles. The SMILES string of the molecule is CN=C(NCCS(=O)(=O)c1ccc(Br)cc1)N1CC(C)CC(C)C1.I. The smallest absolute Gasteiger partial charge is 0.193 e. The lowest BCUT2D eigenvalue weighted by Crippen LogP contribution is -2.49. The number of rotatable bonds is 4. The Hall–Kier alpha value is -0.350. The van der Waals surface area contributed by atoms with Gasteiger partial charge in [-0.2, -0.15) is 0 Å². The number of guanidine groups is 1. The number of nitrogens with zero attached hydrogens (tertiary/aromatic N) is 2. The van der Waals surface area contributed by atoms with Crippen molar-refractivity contribution < 1.29 is 8.42 Å². The van der Waals surface area contributed by atoms with E-state index in [0.717, 1.165) is 23.5 Å². The summed E-state index contributed by atoms with van der Waals surface area (Å²) >= 11 is 3.32. The van der Waals surface area contributed by atoms with Crippen LogP contribution in [0.25, 0.3) is 0 Å². The molecule has 0 aliphatic carbocycles. The number of hydrogen-bond donors (Lipinski definition) is 1. The topological polar surface area (TPSA) is 61.8 Å². The van der Waals surface area contributed by atoms with Crippen LogP contribution in [0.4, 0.5) is 0 Å². The van der Waals surface area contributed by atoms with E-state index in [1.807, 2.05) is 0 Å². The molecule has 1 aromatic carbocycles. The Labute approximate surface area is 176 Å². The first kappa shape index (κ1) is 22.7. The third-order valence-electron chi connectivity index (χ3n) is 4.21. The molecule has 0 spiro atoms. The predicted molar refractivity (Wildman–Crippen MR) is 117 cm³/mol. The summed E-state index contributed by atoms with van der Waals surface area (Å²) in [6.45, 7) is 6.76. The van der Waals surface area contributed by atoms with E-state index in [2.05, 4.69) is 45.0 Å². The zero-order chi connectivity index (χ0) is 17.7. The second-order valence-electron chi connectivity index (χ2n) is 6.60. The van der Waals surface area contributed by atoms with Crippen molar-refractivity contribution >= 4 is 55.7 Å². The van der Waals surface area contributed by atoms with Crippen molar-refractivity contribution in [1.29, 1.82) is 0 Å². The average molecular weight is 544 g/mol. The van der Waals surface area contributed by atoms with Gasteiger partial charge in [-0.1, -0.05) is 29.8 Å². The molecule has 2 rings (SSSR count). The van der Waals surface area contributed by atoms with Crippen LogP contribution in [0.15, 0.2) is 38.6 Å². The lowest BCUT2D eigenvalue weighted by atomic mass is 9.92. The molecule has 8 heteroatoms. The minimum absolute atomic E-state index is 0. The Balaban J connectivity index is 0.00000312. The Morgan fingerprint density at radius 1 is 1.24 bits per heavy atom. The van der Waals surface area contributed by atoms with E-state index in [9.17, 15) is 8.42 Å². The summed E-state index contributed by atoms with van der Waals surface area (Å²) in [6.07, 6.45) is 1.23. The van der Waals surface area contributed by atoms with Gasteiger partial charge in [-0.3, -0.25) is 4.99 Å². The van der Waals surface area contributed by atoms with Crippen molar-refractivity contribution in [1.82, 2.24) is 10.2 Å². The standard InChI is InChI=1S/C17H26BrN3O2S.HI/c1-13-10-14(2)12-21(11-13)17(19-3)20-8-9-24(22,23)16-6-4-15(18)5-7-16;/h4-7,13-14H,8-12H2,1-3H3,(H,19,20);1H. The van der Waals surface area contributed by atoms with Gasteiger partial charge in [0.2, 0.25) is 0 Å². The zero-order valence-electron chi connectivity index (χ0n) is 14.9. The molecule has 1 N–H and O–H groups in total. The third kappa shape index (κ3) is 6.71. The number of nitrogens with one attached hydrogen (secondary N) is 1. The number of hydrogen-bond acceptors (Lipinski definition) is 3. The molecule has 2 atom stereocenters. The molecule has 0 amide bonds. The van der Waals surface area contributed by atoms with Crippen LogP contribution in [0.1, 0.15) is 20.3 Å².